The van der Waals surface area contributed by atoms with E-state index < -0.39 is 0 Å². The van der Waals surface area contributed by atoms with Crippen LogP contribution >= 0.6 is 0 Å². The van der Waals surface area contributed by atoms with Crippen molar-refractivity contribution in [3.63, 3.8) is 0 Å². The van der Waals surface area contributed by atoms with Crippen molar-refractivity contribution < 1.29 is 9.47 Å². The van der Waals surface area contributed by atoms with E-state index in [0.29, 0.717) is 5.88 Å². The predicted molar refractivity (Wildman–Crippen MR) is 66.5 cm³/mol. The summed E-state index contributed by atoms with van der Waals surface area (Å²) in [6, 6.07) is 1.85. The van der Waals surface area contributed by atoms with Gasteiger partial charge >= 0.3 is 0 Å². The highest BCUT2D eigenvalue weighted by Crippen LogP contribution is 2.53. The van der Waals surface area contributed by atoms with Crippen molar-refractivity contribution in [3.05, 3.63) is 17.8 Å². The number of nitrogens with zero attached hydrogens (tertiary/aromatic N) is 1. The molecule has 0 aromatic carbocycles. The van der Waals surface area contributed by atoms with Gasteiger partial charge in [-0.15, -0.1) is 0 Å². The van der Waals surface area contributed by atoms with Gasteiger partial charge in [0.1, 0.15) is 5.75 Å². The number of methoxy groups -OCH3 is 2. The average Bonchev–Trinajstić information content (AvgIpc) is 3.07. The second-order valence-electron chi connectivity index (χ2n) is 5.18. The van der Waals surface area contributed by atoms with Gasteiger partial charge in [0.05, 0.1) is 19.8 Å². The Morgan fingerprint density at radius 2 is 1.94 bits per heavy atom. The maximum atomic E-state index is 6.36. The van der Waals surface area contributed by atoms with E-state index in [1.165, 1.54) is 0 Å². The topological polar surface area (TPSA) is 57.4 Å². The van der Waals surface area contributed by atoms with Crippen molar-refractivity contribution in [1.82, 2.24) is 4.98 Å². The smallest absolute Gasteiger partial charge is 0.220 e. The van der Waals surface area contributed by atoms with Crippen molar-refractivity contribution in [2.24, 2.45) is 5.73 Å². The van der Waals surface area contributed by atoms with Crippen molar-refractivity contribution in [2.45, 2.75) is 37.6 Å². The molecule has 1 aromatic heterocycles. The molecule has 17 heavy (non-hydrogen) atoms. The van der Waals surface area contributed by atoms with Crippen molar-refractivity contribution in [3.8, 4) is 11.6 Å². The van der Waals surface area contributed by atoms with Crippen LogP contribution in [-0.2, 0) is 5.41 Å². The summed E-state index contributed by atoms with van der Waals surface area (Å²) >= 11 is 0. The summed E-state index contributed by atoms with van der Waals surface area (Å²) in [7, 11) is 3.28. The summed E-state index contributed by atoms with van der Waals surface area (Å²) in [4.78, 5) is 4.26. The van der Waals surface area contributed by atoms with Gasteiger partial charge in [-0.25, -0.2) is 4.98 Å². The number of nitrogens with two attached hydrogens (primary N) is 1. The SMILES string of the molecule is COc1ccnc(OC)c1C(C)(C)C1(N)CC1. The number of ether oxygens (including phenoxy) is 2. The van der Waals surface area contributed by atoms with E-state index in [2.05, 4.69) is 18.8 Å². The highest BCUT2D eigenvalue weighted by molar-refractivity contribution is 5.48. The van der Waals surface area contributed by atoms with Gasteiger partial charge in [0.2, 0.25) is 5.88 Å². The Hall–Kier alpha value is -1.29. The summed E-state index contributed by atoms with van der Waals surface area (Å²) in [6.45, 7) is 4.25. The van der Waals surface area contributed by atoms with Gasteiger partial charge in [0.25, 0.3) is 0 Å². The van der Waals surface area contributed by atoms with E-state index in [9.17, 15) is 0 Å². The Morgan fingerprint density at radius 3 is 2.41 bits per heavy atom. The largest absolute Gasteiger partial charge is 0.496 e. The number of hydrogen-bond acceptors (Lipinski definition) is 4. The Labute approximate surface area is 102 Å². The van der Waals surface area contributed by atoms with Crippen LogP contribution in [0.2, 0.25) is 0 Å². The number of rotatable bonds is 4. The number of aromatic nitrogens is 1. The van der Waals surface area contributed by atoms with Crippen LogP contribution in [0.1, 0.15) is 32.3 Å². The molecule has 0 unspecified atom stereocenters. The highest BCUT2D eigenvalue weighted by atomic mass is 16.5. The van der Waals surface area contributed by atoms with E-state index in [1.54, 1.807) is 20.4 Å². The third kappa shape index (κ3) is 1.76. The zero-order valence-corrected chi connectivity index (χ0v) is 10.9. The summed E-state index contributed by atoms with van der Waals surface area (Å²) in [5.74, 6) is 1.39. The maximum Gasteiger partial charge on any atom is 0.220 e. The lowest BCUT2D eigenvalue weighted by Crippen LogP contribution is -2.43. The fraction of sp³-hybridized carbons (Fsp3) is 0.615. The van der Waals surface area contributed by atoms with Crippen LogP contribution in [0.25, 0.3) is 0 Å². The molecule has 1 aromatic rings. The summed E-state index contributed by atoms with van der Waals surface area (Å²) in [6.07, 6.45) is 3.75. The molecule has 0 bridgehead atoms. The van der Waals surface area contributed by atoms with Crippen molar-refractivity contribution >= 4 is 0 Å². The van der Waals surface area contributed by atoms with Crippen LogP contribution in [0, 0.1) is 0 Å². The van der Waals surface area contributed by atoms with Gasteiger partial charge < -0.3 is 15.2 Å². The third-order valence-corrected chi connectivity index (χ3v) is 3.95. The quantitative estimate of drug-likeness (QED) is 0.867. The third-order valence-electron chi connectivity index (χ3n) is 3.95. The van der Waals surface area contributed by atoms with E-state index in [4.69, 9.17) is 15.2 Å². The first-order valence-corrected chi connectivity index (χ1v) is 5.82. The lowest BCUT2D eigenvalue weighted by atomic mass is 9.76. The Balaban J connectivity index is 2.56. The monoisotopic (exact) mass is 236 g/mol. The van der Waals surface area contributed by atoms with Gasteiger partial charge in [-0.1, -0.05) is 13.8 Å². The standard InChI is InChI=1S/C13H20N2O2/c1-12(2,13(14)6-7-13)10-9(16-3)5-8-15-11(10)17-4/h5,8H,6-7,14H2,1-4H3. The maximum absolute atomic E-state index is 6.36. The highest BCUT2D eigenvalue weighted by Gasteiger charge is 2.54. The first-order valence-electron chi connectivity index (χ1n) is 5.82. The molecule has 2 N–H and O–H groups in total. The second-order valence-corrected chi connectivity index (χ2v) is 5.18. The Bertz CT molecular complexity index is 403. The molecular formula is C13H20N2O2. The average molecular weight is 236 g/mol. The number of pyridine rings is 1. The van der Waals surface area contributed by atoms with Gasteiger partial charge in [0.15, 0.2) is 0 Å². The molecule has 0 aliphatic heterocycles. The van der Waals surface area contributed by atoms with E-state index in [0.717, 1.165) is 24.2 Å². The minimum Gasteiger partial charge on any atom is -0.496 e. The van der Waals surface area contributed by atoms with E-state index >= 15 is 0 Å². The fourth-order valence-corrected chi connectivity index (χ4v) is 2.33. The Kier molecular flexibility index (Phi) is 2.78. The lowest BCUT2D eigenvalue weighted by Gasteiger charge is -2.34. The first-order chi connectivity index (χ1) is 7.96. The molecule has 1 heterocycles. The predicted octanol–water partition coefficient (Wildman–Crippen LogP) is 1.87. The van der Waals surface area contributed by atoms with Gasteiger partial charge in [-0.05, 0) is 18.9 Å². The molecule has 4 heteroatoms. The van der Waals surface area contributed by atoms with Gasteiger partial charge in [0, 0.05) is 17.2 Å². The Morgan fingerprint density at radius 1 is 1.29 bits per heavy atom. The molecule has 0 amide bonds. The van der Waals surface area contributed by atoms with Crippen LogP contribution in [0.3, 0.4) is 0 Å². The van der Waals surface area contributed by atoms with E-state index in [1.807, 2.05) is 6.07 Å². The second kappa shape index (κ2) is 3.88. The summed E-state index contributed by atoms with van der Waals surface area (Å²) in [5, 5.41) is 0. The van der Waals surface area contributed by atoms with Gasteiger partial charge in [-0.2, -0.15) is 0 Å². The van der Waals surface area contributed by atoms with Crippen molar-refractivity contribution in [1.29, 1.82) is 0 Å². The molecule has 1 saturated carbocycles. The minimum atomic E-state index is -0.210. The first kappa shape index (κ1) is 12.2. The summed E-state index contributed by atoms with van der Waals surface area (Å²) in [5.41, 5.74) is 6.95. The molecule has 0 radical (unpaired) electrons. The molecule has 1 fully saturated rings. The molecule has 2 rings (SSSR count). The molecule has 1 aliphatic rings. The summed E-state index contributed by atoms with van der Waals surface area (Å²) < 4.78 is 10.8. The van der Waals surface area contributed by atoms with Gasteiger partial charge in [-0.3, -0.25) is 0 Å². The molecule has 1 aliphatic carbocycles. The number of hydrogen-bond donors (Lipinski definition) is 1. The normalized spacial score (nSPS) is 17.7. The molecule has 4 nitrogen and oxygen atoms in total. The molecule has 0 atom stereocenters. The minimum absolute atomic E-state index is 0.170. The zero-order valence-electron chi connectivity index (χ0n) is 10.9. The lowest BCUT2D eigenvalue weighted by molar-refractivity contribution is 0.320. The van der Waals surface area contributed by atoms with Crippen LogP contribution < -0.4 is 15.2 Å². The van der Waals surface area contributed by atoms with Crippen LogP contribution in [0.4, 0.5) is 0 Å². The van der Waals surface area contributed by atoms with Crippen molar-refractivity contribution in [2.75, 3.05) is 14.2 Å². The zero-order chi connectivity index (χ0) is 12.7. The molecule has 0 saturated heterocycles. The fourth-order valence-electron chi connectivity index (χ4n) is 2.33. The van der Waals surface area contributed by atoms with Crippen LogP contribution in [0.5, 0.6) is 11.6 Å². The molecular weight excluding hydrogens is 216 g/mol. The van der Waals surface area contributed by atoms with Crippen LogP contribution in [-0.4, -0.2) is 24.7 Å². The molecule has 94 valence electrons. The van der Waals surface area contributed by atoms with Crippen LogP contribution in [0.15, 0.2) is 12.3 Å². The molecule has 0 spiro atoms. The van der Waals surface area contributed by atoms with E-state index in [-0.39, 0.29) is 11.0 Å².